The molecule has 0 radical (unpaired) electrons. The van der Waals surface area contributed by atoms with Gasteiger partial charge in [-0.05, 0) is 36.4 Å². The second kappa shape index (κ2) is 7.22. The first-order valence-corrected chi connectivity index (χ1v) is 6.05. The fourth-order valence-corrected chi connectivity index (χ4v) is 2.09. The number of carbonyl (C=O) groups excluding carboxylic acids is 1. The average Bonchev–Trinajstić information content (AvgIpc) is 2.90. The van der Waals surface area contributed by atoms with Gasteiger partial charge in [0.2, 0.25) is 0 Å². The van der Waals surface area contributed by atoms with E-state index >= 15 is 0 Å². The molecule has 0 unspecified atom stereocenters. The van der Waals surface area contributed by atoms with Crippen LogP contribution in [0.1, 0.15) is 10.4 Å². The molecule has 0 aliphatic heterocycles. The average molecular weight is 324 g/mol. The van der Waals surface area contributed by atoms with Gasteiger partial charge < -0.3 is 5.73 Å². The molecule has 3 aromatic rings. The van der Waals surface area contributed by atoms with Crippen LogP contribution in [0.5, 0.6) is 0 Å². The number of halogens is 2. The number of nitrogens with zero attached hydrogens (tertiary/aromatic N) is 2. The number of carbonyl (C=O) groups is 1. The van der Waals surface area contributed by atoms with E-state index in [2.05, 4.69) is 4.98 Å². The predicted molar refractivity (Wildman–Crippen MR) is 89.0 cm³/mol. The number of hydrogen-bond acceptors (Lipinski definition) is 3. The van der Waals surface area contributed by atoms with Crippen LogP contribution in [0.2, 0.25) is 0 Å². The zero-order valence-electron chi connectivity index (χ0n) is 11.1. The van der Waals surface area contributed by atoms with Crippen molar-refractivity contribution in [2.45, 2.75) is 0 Å². The smallest absolute Gasteiger partial charge is 0.176 e. The molecule has 0 saturated heterocycles. The Morgan fingerprint density at radius 1 is 1.05 bits per heavy atom. The molecule has 1 heterocycles. The Balaban J connectivity index is 0.00000110. The quantitative estimate of drug-likeness (QED) is 0.754. The van der Waals surface area contributed by atoms with Crippen LogP contribution in [0.25, 0.3) is 16.7 Å². The number of ketones is 1. The van der Waals surface area contributed by atoms with Gasteiger partial charge >= 0.3 is 0 Å². The fourth-order valence-electron chi connectivity index (χ4n) is 2.09. The molecular weight excluding hydrogens is 309 g/mol. The van der Waals surface area contributed by atoms with E-state index in [1.54, 1.807) is 18.5 Å². The molecule has 0 spiro atoms. The van der Waals surface area contributed by atoms with Crippen LogP contribution in [-0.2, 0) is 0 Å². The number of fused-ring (bicyclic) bond motifs is 1. The summed E-state index contributed by atoms with van der Waals surface area (Å²) in [5, 5.41) is 0. The van der Waals surface area contributed by atoms with Crippen LogP contribution < -0.4 is 5.73 Å². The van der Waals surface area contributed by atoms with Crippen molar-refractivity contribution in [3.8, 4) is 5.69 Å². The number of benzene rings is 2. The minimum absolute atomic E-state index is 0. The lowest BCUT2D eigenvalue weighted by Crippen LogP contribution is -2.13. The van der Waals surface area contributed by atoms with Crippen LogP contribution in [0, 0.1) is 0 Å². The Morgan fingerprint density at radius 2 is 1.71 bits per heavy atom. The third-order valence-corrected chi connectivity index (χ3v) is 3.11. The van der Waals surface area contributed by atoms with E-state index < -0.39 is 0 Å². The summed E-state index contributed by atoms with van der Waals surface area (Å²) in [6.45, 7) is 0.0351. The van der Waals surface area contributed by atoms with Crippen molar-refractivity contribution in [3.63, 3.8) is 0 Å². The number of Topliss-reactive ketones (excluding diaryl/α,β-unsaturated/α-hetero) is 1. The number of aromatic nitrogens is 2. The molecule has 110 valence electrons. The first-order chi connectivity index (χ1) is 9.29. The summed E-state index contributed by atoms with van der Waals surface area (Å²) in [7, 11) is 0. The maximum Gasteiger partial charge on any atom is 0.176 e. The van der Waals surface area contributed by atoms with Crippen LogP contribution in [0.4, 0.5) is 0 Å². The predicted octanol–water partition coefficient (Wildman–Crippen LogP) is 3.01. The Hall–Kier alpha value is -1.88. The van der Waals surface area contributed by atoms with Gasteiger partial charge in [0.25, 0.3) is 0 Å². The monoisotopic (exact) mass is 323 g/mol. The summed E-state index contributed by atoms with van der Waals surface area (Å²) >= 11 is 0. The fraction of sp³-hybridized carbons (Fsp3) is 0.0667. The summed E-state index contributed by atoms with van der Waals surface area (Å²) < 4.78 is 1.99. The first-order valence-electron chi connectivity index (χ1n) is 6.05. The minimum Gasteiger partial charge on any atom is -0.324 e. The second-order valence-corrected chi connectivity index (χ2v) is 4.28. The lowest BCUT2D eigenvalue weighted by Gasteiger charge is -2.05. The lowest BCUT2D eigenvalue weighted by molar-refractivity contribution is 0.100. The highest BCUT2D eigenvalue weighted by atomic mass is 35.5. The van der Waals surface area contributed by atoms with E-state index in [4.69, 9.17) is 5.73 Å². The third kappa shape index (κ3) is 3.24. The van der Waals surface area contributed by atoms with Gasteiger partial charge in [0.05, 0.1) is 17.6 Å². The SMILES string of the molecule is Cl.Cl.NCC(=O)c1ccc(-n2cnc3ccccc32)cc1. The highest BCUT2D eigenvalue weighted by molar-refractivity contribution is 5.97. The number of rotatable bonds is 3. The number of hydrogen-bond donors (Lipinski definition) is 1. The molecule has 6 heteroatoms. The number of imidazole rings is 1. The van der Waals surface area contributed by atoms with E-state index in [1.807, 2.05) is 41.0 Å². The molecule has 0 amide bonds. The van der Waals surface area contributed by atoms with Crippen molar-refractivity contribution >= 4 is 41.6 Å². The van der Waals surface area contributed by atoms with Gasteiger partial charge in [0, 0.05) is 11.3 Å². The van der Waals surface area contributed by atoms with Crippen molar-refractivity contribution in [2.75, 3.05) is 6.54 Å². The van der Waals surface area contributed by atoms with E-state index in [0.717, 1.165) is 16.7 Å². The molecule has 21 heavy (non-hydrogen) atoms. The molecule has 0 bridgehead atoms. The van der Waals surface area contributed by atoms with E-state index in [0.29, 0.717) is 5.56 Å². The van der Waals surface area contributed by atoms with Crippen molar-refractivity contribution < 1.29 is 4.79 Å². The van der Waals surface area contributed by atoms with Crippen molar-refractivity contribution in [1.29, 1.82) is 0 Å². The van der Waals surface area contributed by atoms with Gasteiger partial charge in [-0.25, -0.2) is 4.98 Å². The highest BCUT2D eigenvalue weighted by Crippen LogP contribution is 2.18. The number of para-hydroxylation sites is 2. The van der Waals surface area contributed by atoms with E-state index in [9.17, 15) is 4.79 Å². The molecule has 3 rings (SSSR count). The molecule has 0 aliphatic rings. The van der Waals surface area contributed by atoms with Gasteiger partial charge in [0.15, 0.2) is 5.78 Å². The molecule has 1 aromatic heterocycles. The minimum atomic E-state index is -0.0537. The van der Waals surface area contributed by atoms with E-state index in [1.165, 1.54) is 0 Å². The Kier molecular flexibility index (Phi) is 5.90. The maximum absolute atomic E-state index is 11.5. The lowest BCUT2D eigenvalue weighted by atomic mass is 10.1. The van der Waals surface area contributed by atoms with Crippen molar-refractivity contribution in [3.05, 3.63) is 60.4 Å². The number of nitrogens with two attached hydrogens (primary N) is 1. The Morgan fingerprint density at radius 3 is 2.38 bits per heavy atom. The molecular formula is C15H15Cl2N3O. The Labute approximate surface area is 134 Å². The topological polar surface area (TPSA) is 60.9 Å². The third-order valence-electron chi connectivity index (χ3n) is 3.11. The molecule has 2 N–H and O–H groups in total. The molecule has 0 saturated carbocycles. The van der Waals surface area contributed by atoms with Gasteiger partial charge in [-0.2, -0.15) is 0 Å². The summed E-state index contributed by atoms with van der Waals surface area (Å²) in [6, 6.07) is 15.3. The molecule has 0 fully saturated rings. The van der Waals surface area contributed by atoms with Crippen molar-refractivity contribution in [2.24, 2.45) is 5.73 Å². The zero-order chi connectivity index (χ0) is 13.2. The second-order valence-electron chi connectivity index (χ2n) is 4.28. The van der Waals surface area contributed by atoms with Crippen LogP contribution >= 0.6 is 24.8 Å². The van der Waals surface area contributed by atoms with Crippen molar-refractivity contribution in [1.82, 2.24) is 9.55 Å². The largest absolute Gasteiger partial charge is 0.324 e. The highest BCUT2D eigenvalue weighted by Gasteiger charge is 2.06. The van der Waals surface area contributed by atoms with Gasteiger partial charge in [-0.3, -0.25) is 9.36 Å². The summed E-state index contributed by atoms with van der Waals surface area (Å²) in [6.07, 6.45) is 1.78. The molecule has 2 aromatic carbocycles. The van der Waals surface area contributed by atoms with Gasteiger partial charge in [-0.1, -0.05) is 12.1 Å². The first kappa shape index (κ1) is 17.2. The summed E-state index contributed by atoms with van der Waals surface area (Å²) in [5.74, 6) is -0.0537. The van der Waals surface area contributed by atoms with Crippen LogP contribution in [-0.4, -0.2) is 21.9 Å². The van der Waals surface area contributed by atoms with Crippen LogP contribution in [0.3, 0.4) is 0 Å². The maximum atomic E-state index is 11.5. The molecule has 0 aliphatic carbocycles. The van der Waals surface area contributed by atoms with Gasteiger partial charge in [0.1, 0.15) is 6.33 Å². The summed E-state index contributed by atoms with van der Waals surface area (Å²) in [5.41, 5.74) is 8.95. The summed E-state index contributed by atoms with van der Waals surface area (Å²) in [4.78, 5) is 15.8. The van der Waals surface area contributed by atoms with Crippen LogP contribution in [0.15, 0.2) is 54.9 Å². The van der Waals surface area contributed by atoms with Gasteiger partial charge in [-0.15, -0.1) is 24.8 Å². The standard InChI is InChI=1S/C15H13N3O.2ClH/c16-9-15(19)11-5-7-12(8-6-11)18-10-17-13-3-1-2-4-14(13)18;;/h1-8,10H,9,16H2;2*1H. The Bertz CT molecular complexity index is 738. The van der Waals surface area contributed by atoms with E-state index in [-0.39, 0.29) is 37.1 Å². The zero-order valence-corrected chi connectivity index (χ0v) is 12.7. The molecule has 4 nitrogen and oxygen atoms in total. The normalized spacial score (nSPS) is 9.76. The molecule has 0 atom stereocenters.